The number of hydrogen-bond acceptors (Lipinski definition) is 8. The molecule has 0 fully saturated rings. The highest BCUT2D eigenvalue weighted by molar-refractivity contribution is 7.13. The van der Waals surface area contributed by atoms with E-state index in [4.69, 9.17) is 34.7 Å². The largest absolute Gasteiger partial charge is 0.495 e. The maximum Gasteiger partial charge on any atom is 0.414 e. The fourth-order valence-corrected chi connectivity index (χ4v) is 3.40. The number of amides is 1. The molecule has 0 aliphatic heterocycles. The lowest BCUT2D eigenvalue weighted by Crippen LogP contribution is -2.37. The molecule has 0 bridgehead atoms. The van der Waals surface area contributed by atoms with Crippen LogP contribution in [-0.2, 0) is 20.9 Å². The van der Waals surface area contributed by atoms with Gasteiger partial charge in [0.1, 0.15) is 17.2 Å². The molecule has 2 aromatic heterocycles. The summed E-state index contributed by atoms with van der Waals surface area (Å²) in [5.41, 5.74) is 7.76. The Kier molecular flexibility index (Phi) is 9.78. The molecule has 186 valence electrons. The van der Waals surface area contributed by atoms with Crippen LogP contribution < -0.4 is 20.7 Å². The fraction of sp³-hybridized carbons (Fsp3) is 0.227. The second-order valence-electron chi connectivity index (χ2n) is 6.69. The van der Waals surface area contributed by atoms with Gasteiger partial charge in [-0.25, -0.2) is 14.6 Å². The lowest BCUT2D eigenvalue weighted by atomic mass is 10.2. The summed E-state index contributed by atoms with van der Waals surface area (Å²) in [7, 11) is 1.62. The van der Waals surface area contributed by atoms with Crippen LogP contribution in [-0.4, -0.2) is 52.7 Å². The van der Waals surface area contributed by atoms with Crippen molar-refractivity contribution in [2.24, 2.45) is 10.7 Å². The number of guanidine groups is 1. The molecule has 0 aliphatic rings. The number of methoxy groups -OCH3 is 1. The molecule has 0 atom stereocenters. The van der Waals surface area contributed by atoms with Crippen molar-refractivity contribution in [3.05, 3.63) is 47.5 Å². The van der Waals surface area contributed by atoms with Crippen LogP contribution in [0.25, 0.3) is 11.5 Å². The third-order valence-electron chi connectivity index (χ3n) is 4.28. The Morgan fingerprint density at radius 1 is 1.20 bits per heavy atom. The van der Waals surface area contributed by atoms with Crippen LogP contribution in [0.1, 0.15) is 19.6 Å². The summed E-state index contributed by atoms with van der Waals surface area (Å²) in [6.45, 7) is 4.41. The molecule has 0 radical (unpaired) electrons. The molecule has 1 aromatic carbocycles. The number of thiazole rings is 1. The second-order valence-corrected chi connectivity index (χ2v) is 7.52. The zero-order valence-electron chi connectivity index (χ0n) is 19.2. The van der Waals surface area contributed by atoms with Crippen molar-refractivity contribution in [1.29, 1.82) is 0 Å². The first-order chi connectivity index (χ1) is 16.7. The zero-order chi connectivity index (χ0) is 26.0. The number of carboxylic acids is 2. The number of aliphatic imine (C=N–C) groups is 1. The Hall–Kier alpha value is -4.39. The quantitative estimate of drug-likeness (QED) is 0.213. The van der Waals surface area contributed by atoms with Crippen molar-refractivity contribution in [2.45, 2.75) is 20.4 Å². The summed E-state index contributed by atoms with van der Waals surface area (Å²) in [5.74, 6) is -1.46. The van der Waals surface area contributed by atoms with Gasteiger partial charge in [0, 0.05) is 18.8 Å². The van der Waals surface area contributed by atoms with Crippen LogP contribution in [0.3, 0.4) is 0 Å². The number of furan rings is 1. The fourth-order valence-electron chi connectivity index (χ4n) is 2.72. The van der Waals surface area contributed by atoms with Gasteiger partial charge in [-0.05, 0) is 31.2 Å². The van der Waals surface area contributed by atoms with E-state index in [0.29, 0.717) is 41.4 Å². The van der Waals surface area contributed by atoms with E-state index >= 15 is 0 Å². The van der Waals surface area contributed by atoms with E-state index in [1.807, 2.05) is 53.6 Å². The summed E-state index contributed by atoms with van der Waals surface area (Å²) < 4.78 is 11.2. The number of aliphatic carboxylic acids is 2. The van der Waals surface area contributed by atoms with E-state index in [9.17, 15) is 4.79 Å². The monoisotopic (exact) mass is 503 g/mol. The van der Waals surface area contributed by atoms with Crippen LogP contribution in [0.15, 0.2) is 51.2 Å². The van der Waals surface area contributed by atoms with Gasteiger partial charge in [-0.3, -0.25) is 4.79 Å². The highest BCUT2D eigenvalue weighted by Gasteiger charge is 2.15. The number of hydrogen-bond donors (Lipinski definition) is 4. The average Bonchev–Trinajstić information content (AvgIpc) is 3.48. The van der Waals surface area contributed by atoms with Crippen LogP contribution in [0, 0.1) is 0 Å². The van der Waals surface area contributed by atoms with Crippen molar-refractivity contribution >= 4 is 46.0 Å². The van der Waals surface area contributed by atoms with Crippen molar-refractivity contribution in [3.63, 3.8) is 0 Å². The third kappa shape index (κ3) is 7.85. The number of rotatable bonds is 7. The molecular formula is C22H25N5O7S. The van der Waals surface area contributed by atoms with Gasteiger partial charge in [-0.1, -0.05) is 12.1 Å². The Labute approximate surface area is 204 Å². The first kappa shape index (κ1) is 26.9. The lowest BCUT2D eigenvalue weighted by molar-refractivity contribution is -0.159. The van der Waals surface area contributed by atoms with Crippen LogP contribution in [0.5, 0.6) is 5.75 Å². The highest BCUT2D eigenvalue weighted by Crippen LogP contribution is 2.30. The molecule has 1 amide bonds. The van der Waals surface area contributed by atoms with Crippen LogP contribution >= 0.6 is 11.3 Å². The van der Waals surface area contributed by atoms with E-state index in [0.717, 1.165) is 11.4 Å². The Bertz CT molecular complexity index is 1190. The van der Waals surface area contributed by atoms with Gasteiger partial charge in [-0.15, -0.1) is 11.3 Å². The molecule has 35 heavy (non-hydrogen) atoms. The van der Waals surface area contributed by atoms with Crippen molar-refractivity contribution < 1.29 is 33.8 Å². The van der Waals surface area contributed by atoms with Gasteiger partial charge in [0.05, 0.1) is 19.3 Å². The molecule has 5 N–H and O–H groups in total. The molecule has 3 aromatic rings. The molecule has 0 saturated carbocycles. The maximum atomic E-state index is 11.0. The van der Waals surface area contributed by atoms with E-state index in [2.05, 4.69) is 15.3 Å². The minimum atomic E-state index is -1.82. The molecule has 13 heteroatoms. The van der Waals surface area contributed by atoms with Gasteiger partial charge < -0.3 is 35.3 Å². The standard InChI is InChI=1S/C20H23N5O3S.C2H2O4/c1-4-25(16-7-5-6-8-18(16)27-3)19(21)24-20-23-15(12-29-20)17-10-9-14(28-17)11-22-13(2)26;3-1(4)2(5)6/h5-10,12H,4,11H2,1-3H3,(H,22,26)(H2,21,23,24);(H,3,4)(H,5,6). The summed E-state index contributed by atoms with van der Waals surface area (Å²) >= 11 is 1.37. The lowest BCUT2D eigenvalue weighted by Gasteiger charge is -2.23. The van der Waals surface area contributed by atoms with Crippen molar-refractivity contribution in [2.75, 3.05) is 18.6 Å². The molecule has 0 spiro atoms. The molecule has 0 saturated heterocycles. The SMILES string of the molecule is CCN(C(N)=Nc1nc(-c2ccc(CNC(C)=O)o2)cs1)c1ccccc1OC.O=C(O)C(=O)O. The number of carbonyl (C=O) groups excluding carboxylic acids is 1. The number of nitrogens with one attached hydrogen (secondary N) is 1. The van der Waals surface area contributed by atoms with Crippen molar-refractivity contribution in [1.82, 2.24) is 10.3 Å². The van der Waals surface area contributed by atoms with Gasteiger partial charge in [0.2, 0.25) is 17.0 Å². The minimum absolute atomic E-state index is 0.112. The maximum absolute atomic E-state index is 11.0. The number of anilines is 1. The number of carboxylic acid groups (broad SMARTS) is 2. The first-order valence-corrected chi connectivity index (χ1v) is 11.0. The Balaban J connectivity index is 0.000000641. The van der Waals surface area contributed by atoms with Crippen LogP contribution in [0.2, 0.25) is 0 Å². The molecule has 2 heterocycles. The van der Waals surface area contributed by atoms with Crippen LogP contribution in [0.4, 0.5) is 10.8 Å². The predicted octanol–water partition coefficient (Wildman–Crippen LogP) is 2.68. The number of carbonyl (C=O) groups is 3. The summed E-state index contributed by atoms with van der Waals surface area (Å²) in [5, 5.41) is 19.9. The Morgan fingerprint density at radius 2 is 1.89 bits per heavy atom. The summed E-state index contributed by atoms with van der Waals surface area (Å²) in [6.07, 6.45) is 0. The van der Waals surface area contributed by atoms with E-state index in [1.165, 1.54) is 18.3 Å². The average molecular weight is 504 g/mol. The number of benzene rings is 1. The minimum Gasteiger partial charge on any atom is -0.495 e. The number of nitrogens with zero attached hydrogens (tertiary/aromatic N) is 3. The normalized spacial score (nSPS) is 10.7. The summed E-state index contributed by atoms with van der Waals surface area (Å²) in [6, 6.07) is 11.3. The number of nitrogens with two attached hydrogens (primary N) is 1. The Morgan fingerprint density at radius 3 is 2.49 bits per heavy atom. The number of ether oxygens (including phenoxy) is 1. The van der Waals surface area contributed by atoms with E-state index in [1.54, 1.807) is 7.11 Å². The molecule has 12 nitrogen and oxygen atoms in total. The van der Waals surface area contributed by atoms with Crippen molar-refractivity contribution in [3.8, 4) is 17.2 Å². The molecular weight excluding hydrogens is 478 g/mol. The van der Waals surface area contributed by atoms with E-state index in [-0.39, 0.29) is 5.91 Å². The van der Waals surface area contributed by atoms with Gasteiger partial charge in [-0.2, -0.15) is 4.99 Å². The van der Waals surface area contributed by atoms with Gasteiger partial charge in [0.25, 0.3) is 0 Å². The highest BCUT2D eigenvalue weighted by atomic mass is 32.1. The molecule has 0 unspecified atom stereocenters. The van der Waals surface area contributed by atoms with Gasteiger partial charge >= 0.3 is 11.9 Å². The third-order valence-corrected chi connectivity index (χ3v) is 5.01. The smallest absolute Gasteiger partial charge is 0.414 e. The van der Waals surface area contributed by atoms with E-state index < -0.39 is 11.9 Å². The number of aromatic nitrogens is 1. The topological polar surface area (TPSA) is 181 Å². The second kappa shape index (κ2) is 12.7. The zero-order valence-corrected chi connectivity index (χ0v) is 20.0. The van der Waals surface area contributed by atoms with Gasteiger partial charge in [0.15, 0.2) is 5.76 Å². The molecule has 3 rings (SSSR count). The molecule has 0 aliphatic carbocycles. The summed E-state index contributed by atoms with van der Waals surface area (Å²) in [4.78, 5) is 40.0. The number of para-hydroxylation sites is 2. The first-order valence-electron chi connectivity index (χ1n) is 10.2. The predicted molar refractivity (Wildman–Crippen MR) is 130 cm³/mol.